The van der Waals surface area contributed by atoms with Gasteiger partial charge < -0.3 is 10.4 Å². The molecule has 2 N–H and O–H groups in total. The van der Waals surface area contributed by atoms with Gasteiger partial charge in [0.1, 0.15) is 5.56 Å². The lowest BCUT2D eigenvalue weighted by Gasteiger charge is -2.14. The summed E-state index contributed by atoms with van der Waals surface area (Å²) < 4.78 is 79.7. The van der Waals surface area contributed by atoms with Crippen LogP contribution in [-0.4, -0.2) is 31.6 Å². The molecular formula is C23H14F6N4O3. The van der Waals surface area contributed by atoms with Crippen LogP contribution in [0.4, 0.5) is 32.0 Å². The molecule has 0 aliphatic rings. The molecule has 186 valence electrons. The maximum atomic E-state index is 13.1. The number of fused-ring (bicyclic) bond motifs is 1. The van der Waals surface area contributed by atoms with E-state index in [4.69, 9.17) is 0 Å². The van der Waals surface area contributed by atoms with Crippen molar-refractivity contribution >= 4 is 23.2 Å². The average Bonchev–Trinajstić information content (AvgIpc) is 3.22. The Balaban J connectivity index is 1.60. The van der Waals surface area contributed by atoms with Crippen molar-refractivity contribution in [3.8, 4) is 11.3 Å². The van der Waals surface area contributed by atoms with Crippen LogP contribution >= 0.6 is 0 Å². The predicted molar refractivity (Wildman–Crippen MR) is 114 cm³/mol. The number of hydrogen-bond acceptors (Lipinski definition) is 4. The number of rotatable bonds is 5. The summed E-state index contributed by atoms with van der Waals surface area (Å²) in [5.41, 5.74) is -2.40. The Morgan fingerprint density at radius 1 is 0.944 bits per heavy atom. The van der Waals surface area contributed by atoms with Crippen molar-refractivity contribution in [2.75, 3.05) is 5.32 Å². The molecule has 4 aromatic rings. The standard InChI is InChI=1S/C23H14F6N4O3/c24-22(25,26)14-6-12(7-15(10-14)23(27,28)29)8-19(34)32-16-3-1-2-13(9-16)18-4-5-30-20-17(21(35)36)11-31-33(18)20/h1-7,9-11H,8H2,(H,32,34)(H,35,36). The van der Waals surface area contributed by atoms with Crippen LogP contribution in [0.5, 0.6) is 0 Å². The number of aromatic carboxylic acids is 1. The van der Waals surface area contributed by atoms with Crippen LogP contribution in [0.25, 0.3) is 16.9 Å². The smallest absolute Gasteiger partial charge is 0.416 e. The number of nitrogens with zero attached hydrogens (tertiary/aromatic N) is 3. The first kappa shape index (κ1) is 24.7. The number of halogens is 6. The van der Waals surface area contributed by atoms with Gasteiger partial charge in [0.15, 0.2) is 5.65 Å². The summed E-state index contributed by atoms with van der Waals surface area (Å²) in [7, 11) is 0. The number of aromatic nitrogens is 3. The number of nitrogens with one attached hydrogen (secondary N) is 1. The Hall–Kier alpha value is -4.42. The fourth-order valence-corrected chi connectivity index (χ4v) is 3.53. The molecule has 0 aliphatic heterocycles. The highest BCUT2D eigenvalue weighted by atomic mass is 19.4. The molecule has 0 aliphatic carbocycles. The molecule has 0 saturated heterocycles. The maximum absolute atomic E-state index is 13.1. The fraction of sp³-hybridized carbons (Fsp3) is 0.130. The second-order valence-corrected chi connectivity index (χ2v) is 7.65. The predicted octanol–water partition coefficient (Wildman–Crippen LogP) is 5.31. The zero-order valence-electron chi connectivity index (χ0n) is 17.9. The van der Waals surface area contributed by atoms with Gasteiger partial charge in [-0.3, -0.25) is 4.79 Å². The number of carboxylic acid groups (broad SMARTS) is 1. The van der Waals surface area contributed by atoms with Gasteiger partial charge in [-0.1, -0.05) is 12.1 Å². The van der Waals surface area contributed by atoms with Crippen molar-refractivity contribution < 1.29 is 41.0 Å². The van der Waals surface area contributed by atoms with Crippen LogP contribution < -0.4 is 5.32 Å². The van der Waals surface area contributed by atoms with Crippen molar-refractivity contribution in [3.05, 3.63) is 83.2 Å². The highest BCUT2D eigenvalue weighted by Crippen LogP contribution is 2.36. The van der Waals surface area contributed by atoms with Crippen LogP contribution in [-0.2, 0) is 23.6 Å². The van der Waals surface area contributed by atoms with Gasteiger partial charge in [-0.05, 0) is 42.0 Å². The average molecular weight is 508 g/mol. The number of carbonyl (C=O) groups is 2. The first-order valence-electron chi connectivity index (χ1n) is 10.1. The molecule has 13 heteroatoms. The zero-order chi connectivity index (χ0) is 26.3. The van der Waals surface area contributed by atoms with E-state index in [1.165, 1.54) is 22.8 Å². The summed E-state index contributed by atoms with van der Waals surface area (Å²) in [6.45, 7) is 0. The van der Waals surface area contributed by atoms with E-state index in [1.54, 1.807) is 18.2 Å². The Morgan fingerprint density at radius 3 is 2.22 bits per heavy atom. The largest absolute Gasteiger partial charge is 0.477 e. The SMILES string of the molecule is O=C(Cc1cc(C(F)(F)F)cc(C(F)(F)F)c1)Nc1cccc(-c2ccnc3c(C(=O)O)cnn23)c1. The summed E-state index contributed by atoms with van der Waals surface area (Å²) in [4.78, 5) is 27.8. The lowest BCUT2D eigenvalue weighted by atomic mass is 10.0. The van der Waals surface area contributed by atoms with Gasteiger partial charge in [0, 0.05) is 17.4 Å². The number of amides is 1. The molecular weight excluding hydrogens is 494 g/mol. The summed E-state index contributed by atoms with van der Waals surface area (Å²) in [6, 6.07) is 8.67. The van der Waals surface area contributed by atoms with Crippen molar-refractivity contribution in [3.63, 3.8) is 0 Å². The van der Waals surface area contributed by atoms with Crippen molar-refractivity contribution in [2.24, 2.45) is 0 Å². The van der Waals surface area contributed by atoms with E-state index in [-0.39, 0.29) is 23.0 Å². The molecule has 1 amide bonds. The molecule has 2 aromatic carbocycles. The molecule has 0 saturated carbocycles. The fourth-order valence-electron chi connectivity index (χ4n) is 3.53. The van der Waals surface area contributed by atoms with Gasteiger partial charge in [0.05, 0.1) is 29.4 Å². The van der Waals surface area contributed by atoms with Crippen molar-refractivity contribution in [1.82, 2.24) is 14.6 Å². The van der Waals surface area contributed by atoms with Gasteiger partial charge in [0.2, 0.25) is 5.91 Å². The zero-order valence-corrected chi connectivity index (χ0v) is 17.9. The normalized spacial score (nSPS) is 12.1. The minimum atomic E-state index is -5.02. The van der Waals surface area contributed by atoms with E-state index >= 15 is 0 Å². The molecule has 2 heterocycles. The maximum Gasteiger partial charge on any atom is 0.416 e. The molecule has 36 heavy (non-hydrogen) atoms. The van der Waals surface area contributed by atoms with E-state index in [0.717, 1.165) is 6.20 Å². The summed E-state index contributed by atoms with van der Waals surface area (Å²) in [5, 5.41) is 15.7. The third-order valence-electron chi connectivity index (χ3n) is 5.09. The number of alkyl halides is 6. The Kier molecular flexibility index (Phi) is 6.16. The number of carbonyl (C=O) groups excluding carboxylic acids is 1. The topological polar surface area (TPSA) is 96.6 Å². The monoisotopic (exact) mass is 508 g/mol. The highest BCUT2D eigenvalue weighted by Gasteiger charge is 2.37. The third-order valence-corrected chi connectivity index (χ3v) is 5.09. The number of carboxylic acids is 1. The van der Waals surface area contributed by atoms with Crippen LogP contribution in [0.3, 0.4) is 0 Å². The number of anilines is 1. The first-order chi connectivity index (χ1) is 16.8. The molecule has 2 aromatic heterocycles. The first-order valence-corrected chi connectivity index (χ1v) is 10.1. The summed E-state index contributed by atoms with van der Waals surface area (Å²) in [5.74, 6) is -2.06. The summed E-state index contributed by atoms with van der Waals surface area (Å²) in [6.07, 6.45) is -8.29. The van der Waals surface area contributed by atoms with Crippen LogP contribution in [0.2, 0.25) is 0 Å². The van der Waals surface area contributed by atoms with Crippen LogP contribution in [0, 0.1) is 0 Å². The van der Waals surface area contributed by atoms with E-state index < -0.39 is 47.3 Å². The summed E-state index contributed by atoms with van der Waals surface area (Å²) >= 11 is 0. The lowest BCUT2D eigenvalue weighted by Crippen LogP contribution is -2.17. The Labute approximate surface area is 198 Å². The van der Waals surface area contributed by atoms with Gasteiger partial charge >= 0.3 is 18.3 Å². The highest BCUT2D eigenvalue weighted by molar-refractivity contribution is 5.95. The minimum absolute atomic E-state index is 0.00854. The Bertz CT molecular complexity index is 1440. The lowest BCUT2D eigenvalue weighted by molar-refractivity contribution is -0.143. The molecule has 0 fully saturated rings. The number of hydrogen-bond donors (Lipinski definition) is 2. The van der Waals surface area contributed by atoms with Crippen molar-refractivity contribution in [2.45, 2.75) is 18.8 Å². The van der Waals surface area contributed by atoms with Crippen LogP contribution in [0.15, 0.2) is 60.9 Å². The quantitative estimate of drug-likeness (QED) is 0.356. The molecule has 7 nitrogen and oxygen atoms in total. The second kappa shape index (κ2) is 8.98. The molecule has 0 bridgehead atoms. The number of benzene rings is 2. The minimum Gasteiger partial charge on any atom is -0.477 e. The van der Waals surface area contributed by atoms with E-state index in [0.29, 0.717) is 23.4 Å². The molecule has 0 atom stereocenters. The molecule has 0 spiro atoms. The van der Waals surface area contributed by atoms with Crippen LogP contribution in [0.1, 0.15) is 27.0 Å². The molecule has 0 unspecified atom stereocenters. The third kappa shape index (κ3) is 5.14. The van der Waals surface area contributed by atoms with E-state index in [9.17, 15) is 41.0 Å². The van der Waals surface area contributed by atoms with Gasteiger partial charge in [-0.15, -0.1) is 0 Å². The molecule has 4 rings (SSSR count). The van der Waals surface area contributed by atoms with Gasteiger partial charge in [0.25, 0.3) is 0 Å². The van der Waals surface area contributed by atoms with Crippen molar-refractivity contribution in [1.29, 1.82) is 0 Å². The van der Waals surface area contributed by atoms with Gasteiger partial charge in [-0.2, -0.15) is 31.4 Å². The second-order valence-electron chi connectivity index (χ2n) is 7.65. The van der Waals surface area contributed by atoms with Gasteiger partial charge in [-0.25, -0.2) is 14.3 Å². The Morgan fingerprint density at radius 2 is 1.61 bits per heavy atom. The van der Waals surface area contributed by atoms with E-state index in [2.05, 4.69) is 15.4 Å². The van der Waals surface area contributed by atoms with E-state index in [1.807, 2.05) is 0 Å². The molecule has 0 radical (unpaired) electrons.